The van der Waals surface area contributed by atoms with Crippen LogP contribution in [0.4, 0.5) is 5.69 Å². The van der Waals surface area contributed by atoms with Gasteiger partial charge < -0.3 is 4.90 Å². The van der Waals surface area contributed by atoms with Crippen LogP contribution in [0.25, 0.3) is 0 Å². The van der Waals surface area contributed by atoms with Gasteiger partial charge in [0, 0.05) is 24.8 Å². The maximum absolute atomic E-state index is 2.77. The summed E-state index contributed by atoms with van der Waals surface area (Å²) in [7, 11) is 0. The zero-order valence-corrected chi connectivity index (χ0v) is 19.4. The molecule has 0 amide bonds. The largest absolute Gasteiger partial charge is 0.357 e. The van der Waals surface area contributed by atoms with Crippen LogP contribution >= 0.6 is 0 Å². The van der Waals surface area contributed by atoms with Crippen LogP contribution in [-0.4, -0.2) is 30.7 Å². The Labute approximate surface area is 176 Å². The lowest BCUT2D eigenvalue weighted by molar-refractivity contribution is 0.131. The standard InChI is InChI=1S/C25H44N2.CH4/c1-17(2)15-24(21(9)18(3)4)26-13-14-27(16-26)25-22(19(5)6)11-10-12-23(25)20(7)8;/h10-12,17-21,24H,13-16H2,1-9H3;1H4. The van der Waals surface area contributed by atoms with E-state index >= 15 is 0 Å². The summed E-state index contributed by atoms with van der Waals surface area (Å²) in [6.07, 6.45) is 1.30. The van der Waals surface area contributed by atoms with Crippen LogP contribution in [0, 0.1) is 17.8 Å². The van der Waals surface area contributed by atoms with Crippen LogP contribution in [-0.2, 0) is 0 Å². The van der Waals surface area contributed by atoms with Crippen LogP contribution in [0.2, 0.25) is 0 Å². The molecule has 0 aromatic heterocycles. The van der Waals surface area contributed by atoms with Gasteiger partial charge in [-0.1, -0.05) is 87.9 Å². The van der Waals surface area contributed by atoms with Crippen LogP contribution in [0.1, 0.15) is 99.1 Å². The molecule has 1 aromatic rings. The van der Waals surface area contributed by atoms with E-state index in [1.807, 2.05) is 0 Å². The molecular weight excluding hydrogens is 340 g/mol. The monoisotopic (exact) mass is 388 g/mol. The fourth-order valence-electron chi connectivity index (χ4n) is 4.56. The van der Waals surface area contributed by atoms with Gasteiger partial charge in [-0.15, -0.1) is 0 Å². The molecule has 0 spiro atoms. The molecule has 1 fully saturated rings. The summed E-state index contributed by atoms with van der Waals surface area (Å²) in [4.78, 5) is 5.44. The summed E-state index contributed by atoms with van der Waals surface area (Å²) >= 11 is 0. The third-order valence-corrected chi connectivity index (χ3v) is 6.51. The molecule has 0 radical (unpaired) electrons. The van der Waals surface area contributed by atoms with Crippen LogP contribution in [0.5, 0.6) is 0 Å². The summed E-state index contributed by atoms with van der Waals surface area (Å²) in [5.74, 6) is 3.34. The molecule has 28 heavy (non-hydrogen) atoms. The van der Waals surface area contributed by atoms with E-state index in [1.165, 1.54) is 29.8 Å². The number of hydrogen-bond donors (Lipinski definition) is 0. The van der Waals surface area contributed by atoms with Gasteiger partial charge in [0.2, 0.25) is 0 Å². The highest BCUT2D eigenvalue weighted by molar-refractivity contribution is 5.62. The Morgan fingerprint density at radius 2 is 1.36 bits per heavy atom. The second-order valence-corrected chi connectivity index (χ2v) is 10.1. The average molecular weight is 389 g/mol. The molecule has 1 aromatic carbocycles. The first-order chi connectivity index (χ1) is 12.6. The Morgan fingerprint density at radius 3 is 1.79 bits per heavy atom. The molecule has 0 saturated carbocycles. The molecule has 2 nitrogen and oxygen atoms in total. The SMILES string of the molecule is C.CC(C)CC(C(C)C(C)C)N1CCN(c2c(C(C)C)cccc2C(C)C)C1. The zero-order valence-electron chi connectivity index (χ0n) is 19.4. The van der Waals surface area contributed by atoms with E-state index in [0.717, 1.165) is 31.0 Å². The average Bonchev–Trinajstić information content (AvgIpc) is 3.07. The fraction of sp³-hybridized carbons (Fsp3) is 0.769. The van der Waals surface area contributed by atoms with Crippen molar-refractivity contribution in [1.29, 1.82) is 0 Å². The Kier molecular flexibility index (Phi) is 9.53. The zero-order chi connectivity index (χ0) is 20.3. The van der Waals surface area contributed by atoms with Gasteiger partial charge in [0.15, 0.2) is 0 Å². The van der Waals surface area contributed by atoms with Gasteiger partial charge >= 0.3 is 0 Å². The van der Waals surface area contributed by atoms with Crippen molar-refractivity contribution in [2.75, 3.05) is 24.7 Å². The first-order valence-corrected chi connectivity index (χ1v) is 11.2. The lowest BCUT2D eigenvalue weighted by Crippen LogP contribution is -2.42. The highest BCUT2D eigenvalue weighted by atomic mass is 15.4. The summed E-state index contributed by atoms with van der Waals surface area (Å²) in [6.45, 7) is 24.7. The molecular formula is C26H48N2. The van der Waals surface area contributed by atoms with Crippen molar-refractivity contribution >= 4 is 5.69 Å². The minimum Gasteiger partial charge on any atom is -0.357 e. The predicted octanol–water partition coefficient (Wildman–Crippen LogP) is 7.36. The number of benzene rings is 1. The molecule has 1 aliphatic heterocycles. The van der Waals surface area contributed by atoms with Crippen LogP contribution in [0.15, 0.2) is 18.2 Å². The van der Waals surface area contributed by atoms with Gasteiger partial charge in [-0.25, -0.2) is 0 Å². The molecule has 0 aliphatic carbocycles. The Hall–Kier alpha value is -1.02. The highest BCUT2D eigenvalue weighted by Gasteiger charge is 2.33. The molecule has 2 heteroatoms. The van der Waals surface area contributed by atoms with Gasteiger partial charge in [-0.05, 0) is 47.1 Å². The summed E-state index contributed by atoms with van der Waals surface area (Å²) in [5.41, 5.74) is 4.55. The van der Waals surface area contributed by atoms with Gasteiger partial charge in [-0.2, -0.15) is 0 Å². The summed E-state index contributed by atoms with van der Waals surface area (Å²) in [5, 5.41) is 0. The van der Waals surface area contributed by atoms with Crippen molar-refractivity contribution in [3.8, 4) is 0 Å². The van der Waals surface area contributed by atoms with Crippen molar-refractivity contribution in [1.82, 2.24) is 4.90 Å². The smallest absolute Gasteiger partial charge is 0.0710 e. The first kappa shape index (κ1) is 25.0. The quantitative estimate of drug-likeness (QED) is 0.459. The predicted molar refractivity (Wildman–Crippen MR) is 128 cm³/mol. The van der Waals surface area contributed by atoms with Crippen molar-refractivity contribution in [2.45, 2.75) is 94.0 Å². The van der Waals surface area contributed by atoms with Gasteiger partial charge in [-0.3, -0.25) is 4.90 Å². The normalized spacial score (nSPS) is 17.7. The van der Waals surface area contributed by atoms with E-state index in [2.05, 4.69) is 90.3 Å². The molecule has 2 atom stereocenters. The van der Waals surface area contributed by atoms with Gasteiger partial charge in [0.05, 0.1) is 6.67 Å². The lowest BCUT2D eigenvalue weighted by Gasteiger charge is -2.36. The minimum atomic E-state index is 0. The highest BCUT2D eigenvalue weighted by Crippen LogP contribution is 2.37. The minimum absolute atomic E-state index is 0. The van der Waals surface area contributed by atoms with Crippen molar-refractivity contribution in [2.24, 2.45) is 17.8 Å². The molecule has 1 aliphatic rings. The van der Waals surface area contributed by atoms with E-state index in [0.29, 0.717) is 17.9 Å². The van der Waals surface area contributed by atoms with Crippen LogP contribution in [0.3, 0.4) is 0 Å². The third-order valence-electron chi connectivity index (χ3n) is 6.51. The van der Waals surface area contributed by atoms with E-state index in [4.69, 9.17) is 0 Å². The number of rotatable bonds is 8. The maximum atomic E-state index is 2.77. The maximum Gasteiger partial charge on any atom is 0.0710 e. The molecule has 0 N–H and O–H groups in total. The molecule has 2 unspecified atom stereocenters. The molecule has 0 bridgehead atoms. The summed E-state index contributed by atoms with van der Waals surface area (Å²) in [6, 6.07) is 7.63. The molecule has 1 heterocycles. The topological polar surface area (TPSA) is 6.48 Å². The second-order valence-electron chi connectivity index (χ2n) is 10.1. The Balaban J connectivity index is 0.00000392. The van der Waals surface area contributed by atoms with Crippen molar-refractivity contribution in [3.63, 3.8) is 0 Å². The van der Waals surface area contributed by atoms with Gasteiger partial charge in [0.1, 0.15) is 0 Å². The molecule has 2 rings (SSSR count). The Bertz CT molecular complexity index is 562. The number of para-hydroxylation sites is 1. The summed E-state index contributed by atoms with van der Waals surface area (Å²) < 4.78 is 0. The molecule has 162 valence electrons. The van der Waals surface area contributed by atoms with E-state index < -0.39 is 0 Å². The second kappa shape index (κ2) is 10.7. The number of hydrogen-bond acceptors (Lipinski definition) is 2. The third kappa shape index (κ3) is 5.75. The van der Waals surface area contributed by atoms with Crippen molar-refractivity contribution < 1.29 is 0 Å². The van der Waals surface area contributed by atoms with Gasteiger partial charge in [0.25, 0.3) is 0 Å². The number of nitrogens with zero attached hydrogens (tertiary/aromatic N) is 2. The van der Waals surface area contributed by atoms with Crippen molar-refractivity contribution in [3.05, 3.63) is 29.3 Å². The van der Waals surface area contributed by atoms with Crippen LogP contribution < -0.4 is 4.90 Å². The lowest BCUT2D eigenvalue weighted by atomic mass is 9.85. The molecule has 1 saturated heterocycles. The van der Waals surface area contributed by atoms with E-state index in [-0.39, 0.29) is 7.43 Å². The van der Waals surface area contributed by atoms with E-state index in [1.54, 1.807) is 0 Å². The van der Waals surface area contributed by atoms with E-state index in [9.17, 15) is 0 Å². The first-order valence-electron chi connectivity index (χ1n) is 11.2. The number of anilines is 1. The fourth-order valence-corrected chi connectivity index (χ4v) is 4.56. The Morgan fingerprint density at radius 1 is 0.821 bits per heavy atom.